The van der Waals surface area contributed by atoms with E-state index in [1.807, 2.05) is 49.6 Å². The number of aromatic nitrogens is 1. The Labute approximate surface area is 99.7 Å². The van der Waals surface area contributed by atoms with Gasteiger partial charge in [-0.25, -0.2) is 23.2 Å². The highest BCUT2D eigenvalue weighted by Crippen LogP contribution is 2.15. The van der Waals surface area contributed by atoms with Gasteiger partial charge in [-0.1, -0.05) is 30.3 Å². The second kappa shape index (κ2) is 5.76. The zero-order chi connectivity index (χ0) is 12.9. The first kappa shape index (κ1) is 13.6. The predicted molar refractivity (Wildman–Crippen MR) is 45.3 cm³/mol. The quantitative estimate of drug-likeness (QED) is 0.508. The van der Waals surface area contributed by atoms with E-state index in [4.69, 9.17) is 23.2 Å². The van der Waals surface area contributed by atoms with Gasteiger partial charge in [0.05, 0.1) is 6.07 Å². The molecule has 2 rings (SSSR count). The van der Waals surface area contributed by atoms with Gasteiger partial charge in [0.15, 0.2) is 7.05 Å². The molecule has 0 bridgehead atoms. The third kappa shape index (κ3) is 6.00. The Morgan fingerprint density at radius 2 is 1.53 bits per heavy atom. The smallest absolute Gasteiger partial charge is 0.219 e. The normalized spacial score (nSPS) is 10.6. The fourth-order valence-corrected chi connectivity index (χ4v) is 1.14. The van der Waals surface area contributed by atoms with Crippen LogP contribution in [0.2, 0.25) is 0 Å². The zero-order valence-corrected chi connectivity index (χ0v) is 9.66. The lowest BCUT2D eigenvalue weighted by Gasteiger charge is -2.17. The number of benzene rings is 1. The molecule has 0 atom stereocenters. The Balaban J connectivity index is 0.000000249. The number of halogens is 1. The lowest BCUT2D eigenvalue weighted by Crippen LogP contribution is -2.68. The van der Waals surface area contributed by atoms with Gasteiger partial charge in [-0.15, -0.1) is 10.2 Å². The van der Waals surface area contributed by atoms with Crippen molar-refractivity contribution in [3.63, 3.8) is 0 Å². The van der Waals surface area contributed by atoms with E-state index in [-0.39, 0.29) is 0 Å². The summed E-state index contributed by atoms with van der Waals surface area (Å²) in [6.45, 7) is 0. The van der Waals surface area contributed by atoms with Crippen LogP contribution in [0.5, 0.6) is 0 Å². The summed E-state index contributed by atoms with van der Waals surface area (Å²) in [6.07, 6.45) is 1.89. The van der Waals surface area contributed by atoms with Crippen LogP contribution < -0.4 is 23.4 Å². The summed E-state index contributed by atoms with van der Waals surface area (Å²) >= 11 is 0. The molecule has 2 aromatic rings. The van der Waals surface area contributed by atoms with Gasteiger partial charge >= 0.3 is 0 Å². The second-order valence-corrected chi connectivity index (χ2v) is 3.82. The van der Waals surface area contributed by atoms with Crippen LogP contribution in [0.4, 0.5) is 0 Å². The average Bonchev–Trinajstić information content (AvgIpc) is 2.64. The molecule has 0 N–H and O–H groups in total. The minimum Gasteiger partial charge on any atom is -0.237 e. The van der Waals surface area contributed by atoms with Crippen molar-refractivity contribution in [3.05, 3.63) is 42.6 Å². The van der Waals surface area contributed by atoms with Crippen LogP contribution in [-0.4, -0.2) is 0 Å². The molecule has 17 heavy (non-hydrogen) atoms. The molecule has 7 heteroatoms. The number of aryl methyl sites for hydroxylation is 1. The third-order valence-electron chi connectivity index (χ3n) is 1.74. The molecule has 0 aliphatic carbocycles. The Bertz CT molecular complexity index is 445. The van der Waals surface area contributed by atoms with Gasteiger partial charge in [0.25, 0.3) is 0 Å². The number of nitrogens with zero attached hydrogens (tertiary/aromatic N) is 1. The molecule has 0 aliphatic rings. The molecule has 6 nitrogen and oxygen atoms in total. The van der Waals surface area contributed by atoms with E-state index in [0.29, 0.717) is 0 Å². The van der Waals surface area contributed by atoms with Gasteiger partial charge in [-0.2, -0.15) is 0 Å². The summed E-state index contributed by atoms with van der Waals surface area (Å²) in [4.78, 5) is 0. The van der Waals surface area contributed by atoms with Crippen molar-refractivity contribution in [2.75, 3.05) is 0 Å². The van der Waals surface area contributed by atoms with E-state index in [0.717, 1.165) is 11.3 Å². The van der Waals surface area contributed by atoms with Crippen molar-refractivity contribution in [1.29, 1.82) is 0 Å². The van der Waals surface area contributed by atoms with E-state index in [1.165, 1.54) is 0 Å². The molecule has 0 radical (unpaired) electrons. The summed E-state index contributed by atoms with van der Waals surface area (Å²) in [7, 11) is -3.08. The minimum absolute atomic E-state index is 0.901. The molecule has 0 fully saturated rings. The van der Waals surface area contributed by atoms with E-state index in [1.54, 1.807) is 4.74 Å². The molecule has 0 spiro atoms. The molecule has 0 unspecified atom stereocenters. The largest absolute Gasteiger partial charge is 0.237 e. The van der Waals surface area contributed by atoms with E-state index in [9.17, 15) is 0 Å². The maximum absolute atomic E-state index is 8.49. The Kier molecular flexibility index (Phi) is 4.62. The Morgan fingerprint density at radius 1 is 1.00 bits per heavy atom. The topological polar surface area (TPSA) is 109 Å². The summed E-state index contributed by atoms with van der Waals surface area (Å²) in [5.74, 6) is 0.901. The summed E-state index contributed by atoms with van der Waals surface area (Å²) in [5.41, 5.74) is 1.11. The molecule has 0 aliphatic heterocycles. The zero-order valence-electron chi connectivity index (χ0n) is 8.91. The van der Waals surface area contributed by atoms with Gasteiger partial charge in [0.1, 0.15) is 0 Å². The van der Waals surface area contributed by atoms with Crippen molar-refractivity contribution >= 4 is 0 Å². The monoisotopic (exact) mass is 259 g/mol. The van der Waals surface area contributed by atoms with Crippen LogP contribution in [0, 0.1) is 10.2 Å². The first-order valence-electron chi connectivity index (χ1n) is 4.49. The first-order valence-corrected chi connectivity index (χ1v) is 5.73. The molecule has 1 aromatic carbocycles. The van der Waals surface area contributed by atoms with E-state index >= 15 is 0 Å². The molecule has 1 aromatic heterocycles. The number of hydrogen-bond acceptors (Lipinski definition) is 5. The van der Waals surface area contributed by atoms with Gasteiger partial charge < -0.3 is 0 Å². The van der Waals surface area contributed by atoms with Crippen LogP contribution in [-0.2, 0) is 7.05 Å². The summed E-state index contributed by atoms with van der Waals surface area (Å²) in [6, 6.07) is 12.0. The lowest BCUT2D eigenvalue weighted by molar-refractivity contribution is -2.00. The highest BCUT2D eigenvalue weighted by atomic mass is 35.7. The van der Waals surface area contributed by atoms with Crippen LogP contribution in [0.3, 0.4) is 0 Å². The average molecular weight is 260 g/mol. The van der Waals surface area contributed by atoms with Crippen molar-refractivity contribution in [1.82, 2.24) is 0 Å². The molecule has 0 saturated carbocycles. The van der Waals surface area contributed by atoms with Crippen LogP contribution in [0.15, 0.2) is 47.1 Å². The Morgan fingerprint density at radius 3 is 1.94 bits per heavy atom. The lowest BCUT2D eigenvalue weighted by atomic mass is 10.2. The van der Waals surface area contributed by atoms with Gasteiger partial charge in [0.2, 0.25) is 12.0 Å². The molecule has 0 saturated heterocycles. The molecular weight excluding hydrogens is 250 g/mol. The van der Waals surface area contributed by atoms with Crippen LogP contribution in [0.25, 0.3) is 11.3 Å². The second-order valence-electron chi connectivity index (χ2n) is 3.06. The molecule has 92 valence electrons. The molecule has 1 heterocycles. The maximum Gasteiger partial charge on any atom is 0.219 e. The highest BCUT2D eigenvalue weighted by molar-refractivity contribution is 5.55. The molecule has 0 amide bonds. The third-order valence-corrected chi connectivity index (χ3v) is 1.74. The fraction of sp³-hybridized carbons (Fsp3) is 0.100. The predicted octanol–water partition coefficient (Wildman–Crippen LogP) is -2.98. The van der Waals surface area contributed by atoms with Crippen molar-refractivity contribution in [3.8, 4) is 11.3 Å². The first-order chi connectivity index (χ1) is 7.86. The summed E-state index contributed by atoms with van der Waals surface area (Å²) in [5, 5.41) is 0. The van der Waals surface area contributed by atoms with Crippen LogP contribution >= 0.6 is 0 Å². The number of hydrogen-bond donors (Lipinski definition) is 0. The standard InChI is InChI=1S/C10H10NO.ClHO4/c1-11-8-7-10(12-11)9-5-3-2-4-6-9;2-1(3,4)5/h2-8H,1H3;(H,2,3,4,5)/q+1;/p-1. The van der Waals surface area contributed by atoms with Crippen molar-refractivity contribution in [2.24, 2.45) is 7.05 Å². The SMILES string of the molecule is C[n+]1ccc(-c2ccccc2)o1.[O-][Cl+3]([O-])([O-])[O-]. The maximum atomic E-state index is 8.49. The Hall–Kier alpha value is -1.44. The highest BCUT2D eigenvalue weighted by Gasteiger charge is 2.05. The summed E-state index contributed by atoms with van der Waals surface area (Å²) < 4.78 is 41.0. The van der Waals surface area contributed by atoms with E-state index in [2.05, 4.69) is 0 Å². The van der Waals surface area contributed by atoms with Crippen molar-refractivity contribution in [2.45, 2.75) is 0 Å². The minimum atomic E-state index is -4.94. The van der Waals surface area contributed by atoms with Crippen molar-refractivity contribution < 1.29 is 38.1 Å². The van der Waals surface area contributed by atoms with Crippen LogP contribution in [0.1, 0.15) is 0 Å². The van der Waals surface area contributed by atoms with Gasteiger partial charge in [-0.05, 0) is 4.74 Å². The fourth-order valence-electron chi connectivity index (χ4n) is 1.14. The molecular formula is C10H10ClNO5. The number of rotatable bonds is 1. The van der Waals surface area contributed by atoms with Gasteiger partial charge in [0, 0.05) is 5.56 Å². The van der Waals surface area contributed by atoms with Gasteiger partial charge in [-0.3, -0.25) is 0 Å². The van der Waals surface area contributed by atoms with E-state index < -0.39 is 10.2 Å².